The Morgan fingerprint density at radius 2 is 2.29 bits per heavy atom. The van der Waals surface area contributed by atoms with Crippen molar-refractivity contribution in [2.75, 3.05) is 0 Å². The molecule has 3 rings (SSSR count). The summed E-state index contributed by atoms with van der Waals surface area (Å²) in [6, 6.07) is 4.03. The summed E-state index contributed by atoms with van der Waals surface area (Å²) in [7, 11) is 0. The van der Waals surface area contributed by atoms with Crippen LogP contribution in [0.5, 0.6) is 0 Å². The maximum atomic E-state index is 4.73. The molecule has 2 heterocycles. The van der Waals surface area contributed by atoms with Crippen LogP contribution >= 0.6 is 22.6 Å². The normalized spacial score (nSPS) is 15.2. The first-order chi connectivity index (χ1) is 8.25. The fourth-order valence-corrected chi connectivity index (χ4v) is 2.63. The molecule has 2 aromatic heterocycles. The molecular weight excluding hydrogens is 325 g/mol. The fourth-order valence-electron chi connectivity index (χ4n) is 1.93. The molecule has 3 nitrogen and oxygen atoms in total. The minimum Gasteiger partial charge on any atom is -0.268 e. The smallest absolute Gasteiger partial charge is 0.107 e. The van der Waals surface area contributed by atoms with Crippen molar-refractivity contribution >= 4 is 22.6 Å². The predicted octanol–water partition coefficient (Wildman–Crippen LogP) is 3.27. The van der Waals surface area contributed by atoms with Crippen molar-refractivity contribution in [1.29, 1.82) is 0 Å². The Morgan fingerprint density at radius 1 is 1.47 bits per heavy atom. The van der Waals surface area contributed by atoms with Gasteiger partial charge in [-0.15, -0.1) is 0 Å². The molecule has 88 valence electrons. The molecule has 0 saturated heterocycles. The van der Waals surface area contributed by atoms with Crippen LogP contribution in [0, 0.1) is 16.4 Å². The molecule has 1 saturated carbocycles. The van der Waals surface area contributed by atoms with Crippen LogP contribution in [0.4, 0.5) is 0 Å². The van der Waals surface area contributed by atoms with E-state index in [9.17, 15) is 0 Å². The van der Waals surface area contributed by atoms with E-state index in [1.165, 1.54) is 22.1 Å². The Hall–Kier alpha value is -0.910. The molecule has 0 unspecified atom stereocenters. The Balaban J connectivity index is 1.99. The average molecular weight is 339 g/mol. The second-order valence-electron chi connectivity index (χ2n) is 4.62. The molecule has 2 aromatic rings. The van der Waals surface area contributed by atoms with Gasteiger partial charge < -0.3 is 0 Å². The predicted molar refractivity (Wildman–Crippen MR) is 75.6 cm³/mol. The topological polar surface area (TPSA) is 30.7 Å². The summed E-state index contributed by atoms with van der Waals surface area (Å²) < 4.78 is 3.40. The largest absolute Gasteiger partial charge is 0.268 e. The van der Waals surface area contributed by atoms with E-state index in [0.29, 0.717) is 0 Å². The third-order valence-corrected chi connectivity index (χ3v) is 4.49. The first-order valence-electron chi connectivity index (χ1n) is 5.89. The molecule has 0 N–H and O–H groups in total. The number of halogens is 1. The Morgan fingerprint density at radius 3 is 2.94 bits per heavy atom. The average Bonchev–Trinajstić information content (AvgIpc) is 3.13. The number of aromatic nitrogens is 3. The molecule has 0 aromatic carbocycles. The lowest BCUT2D eigenvalue weighted by atomic mass is 10.2. The van der Waals surface area contributed by atoms with Crippen LogP contribution in [-0.4, -0.2) is 14.8 Å². The minimum absolute atomic E-state index is 0.853. The van der Waals surface area contributed by atoms with Crippen molar-refractivity contribution in [1.82, 2.24) is 14.8 Å². The van der Waals surface area contributed by atoms with Crippen LogP contribution in [-0.2, 0) is 6.54 Å². The fraction of sp³-hybridized carbons (Fsp3) is 0.385. The second-order valence-corrected chi connectivity index (χ2v) is 5.69. The molecule has 4 heteroatoms. The minimum atomic E-state index is 0.853. The van der Waals surface area contributed by atoms with Gasteiger partial charge in [-0.1, -0.05) is 0 Å². The van der Waals surface area contributed by atoms with E-state index >= 15 is 0 Å². The molecule has 1 fully saturated rings. The van der Waals surface area contributed by atoms with E-state index in [1.54, 1.807) is 6.20 Å². The zero-order chi connectivity index (χ0) is 11.8. The van der Waals surface area contributed by atoms with Crippen LogP contribution in [0.25, 0.3) is 11.3 Å². The monoisotopic (exact) mass is 339 g/mol. The SMILES string of the molecule is Cc1c(I)c(-c2cccnc2)nn1CC1CC1. The van der Waals surface area contributed by atoms with Crippen molar-refractivity contribution < 1.29 is 0 Å². The van der Waals surface area contributed by atoms with Crippen LogP contribution in [0.2, 0.25) is 0 Å². The van der Waals surface area contributed by atoms with Crippen LogP contribution in [0.3, 0.4) is 0 Å². The van der Waals surface area contributed by atoms with Gasteiger partial charge >= 0.3 is 0 Å². The first kappa shape index (κ1) is 11.2. The summed E-state index contributed by atoms with van der Waals surface area (Å²) in [5, 5.41) is 4.73. The molecular formula is C13H14IN3. The van der Waals surface area contributed by atoms with Gasteiger partial charge in [0.05, 0.1) is 3.57 Å². The third kappa shape index (κ3) is 2.22. The summed E-state index contributed by atoms with van der Waals surface area (Å²) in [5.74, 6) is 0.853. The highest BCUT2D eigenvalue weighted by Crippen LogP contribution is 2.33. The van der Waals surface area contributed by atoms with Gasteiger partial charge in [0.15, 0.2) is 0 Å². The van der Waals surface area contributed by atoms with Gasteiger partial charge in [-0.25, -0.2) is 0 Å². The standard InChI is InChI=1S/C13H14IN3/c1-9-12(14)13(11-3-2-6-15-7-11)16-17(9)8-10-4-5-10/h2-3,6-7,10H,4-5,8H2,1H3. The van der Waals surface area contributed by atoms with Crippen molar-refractivity contribution in [3.63, 3.8) is 0 Å². The summed E-state index contributed by atoms with van der Waals surface area (Å²) in [6.07, 6.45) is 6.39. The number of rotatable bonds is 3. The molecule has 17 heavy (non-hydrogen) atoms. The maximum Gasteiger partial charge on any atom is 0.107 e. The first-order valence-corrected chi connectivity index (χ1v) is 6.97. The van der Waals surface area contributed by atoms with E-state index in [4.69, 9.17) is 5.10 Å². The van der Waals surface area contributed by atoms with Crippen LogP contribution in [0.15, 0.2) is 24.5 Å². The summed E-state index contributed by atoms with van der Waals surface area (Å²) in [5.41, 5.74) is 3.45. The molecule has 0 bridgehead atoms. The number of nitrogens with zero attached hydrogens (tertiary/aromatic N) is 3. The van der Waals surface area contributed by atoms with Gasteiger partial charge in [0.25, 0.3) is 0 Å². The number of hydrogen-bond donors (Lipinski definition) is 0. The van der Waals surface area contributed by atoms with Crippen LogP contribution < -0.4 is 0 Å². The lowest BCUT2D eigenvalue weighted by Gasteiger charge is -2.01. The molecule has 0 spiro atoms. The highest BCUT2D eigenvalue weighted by molar-refractivity contribution is 14.1. The number of hydrogen-bond acceptors (Lipinski definition) is 2. The van der Waals surface area contributed by atoms with E-state index in [2.05, 4.69) is 45.2 Å². The van der Waals surface area contributed by atoms with Gasteiger partial charge in [-0.3, -0.25) is 9.67 Å². The lowest BCUT2D eigenvalue weighted by Crippen LogP contribution is -2.03. The third-order valence-electron chi connectivity index (χ3n) is 3.20. The lowest BCUT2D eigenvalue weighted by molar-refractivity contribution is 0.551. The zero-order valence-electron chi connectivity index (χ0n) is 9.73. The summed E-state index contributed by atoms with van der Waals surface area (Å²) >= 11 is 2.39. The van der Waals surface area contributed by atoms with Gasteiger partial charge in [-0.2, -0.15) is 5.10 Å². The van der Waals surface area contributed by atoms with Crippen molar-refractivity contribution in [2.24, 2.45) is 5.92 Å². The maximum absolute atomic E-state index is 4.73. The molecule has 0 atom stereocenters. The van der Waals surface area contributed by atoms with Crippen molar-refractivity contribution in [3.05, 3.63) is 33.8 Å². The zero-order valence-corrected chi connectivity index (χ0v) is 11.9. The van der Waals surface area contributed by atoms with Gasteiger partial charge in [0, 0.05) is 30.2 Å². The highest BCUT2D eigenvalue weighted by atomic mass is 127. The van der Waals surface area contributed by atoms with Crippen molar-refractivity contribution in [3.8, 4) is 11.3 Å². The molecule has 0 aliphatic heterocycles. The van der Waals surface area contributed by atoms with Gasteiger partial charge in [0.1, 0.15) is 5.69 Å². The quantitative estimate of drug-likeness (QED) is 0.804. The second kappa shape index (κ2) is 4.40. The highest BCUT2D eigenvalue weighted by Gasteiger charge is 2.24. The van der Waals surface area contributed by atoms with Gasteiger partial charge in [0.2, 0.25) is 0 Å². The Kier molecular flexibility index (Phi) is 2.90. The van der Waals surface area contributed by atoms with Gasteiger partial charge in [-0.05, 0) is 60.4 Å². The molecule has 0 amide bonds. The summed E-state index contributed by atoms with van der Waals surface area (Å²) in [4.78, 5) is 4.16. The molecule has 1 aliphatic rings. The molecule has 1 aliphatic carbocycles. The van der Waals surface area contributed by atoms with E-state index in [0.717, 1.165) is 23.7 Å². The van der Waals surface area contributed by atoms with Crippen LogP contribution in [0.1, 0.15) is 18.5 Å². The Labute approximate surface area is 114 Å². The van der Waals surface area contributed by atoms with Crippen molar-refractivity contribution in [2.45, 2.75) is 26.3 Å². The summed E-state index contributed by atoms with van der Waals surface area (Å²) in [6.45, 7) is 3.22. The van der Waals surface area contributed by atoms with E-state index < -0.39 is 0 Å². The van der Waals surface area contributed by atoms with E-state index in [1.807, 2.05) is 12.3 Å². The Bertz CT molecular complexity index is 529. The molecule has 0 radical (unpaired) electrons. The number of pyridine rings is 1. The van der Waals surface area contributed by atoms with E-state index in [-0.39, 0.29) is 0 Å².